The summed E-state index contributed by atoms with van der Waals surface area (Å²) in [6, 6.07) is 12.8. The van der Waals surface area contributed by atoms with Crippen LogP contribution in [-0.2, 0) is 31.0 Å². The zero-order valence-electron chi connectivity index (χ0n) is 15.2. The van der Waals surface area contributed by atoms with Gasteiger partial charge in [-0.25, -0.2) is 16.8 Å². The summed E-state index contributed by atoms with van der Waals surface area (Å²) in [5.74, 6) is -0.448. The largest absolute Gasteiger partial charge is 0.394 e. The fraction of sp³-hybridized carbons (Fsp3) is 0.368. The third-order valence-corrected chi connectivity index (χ3v) is 8.69. The lowest BCUT2D eigenvalue weighted by molar-refractivity contribution is 0.0938. The molecule has 9 heteroatoms. The van der Waals surface area contributed by atoms with Gasteiger partial charge in [0.05, 0.1) is 35.4 Å². The van der Waals surface area contributed by atoms with Gasteiger partial charge in [-0.3, -0.25) is 0 Å². The molecule has 1 heterocycles. The van der Waals surface area contributed by atoms with Gasteiger partial charge in [0.15, 0.2) is 19.7 Å². The van der Waals surface area contributed by atoms with Gasteiger partial charge < -0.3 is 15.2 Å². The fourth-order valence-electron chi connectivity index (χ4n) is 3.31. The zero-order chi connectivity index (χ0) is 20.2. The van der Waals surface area contributed by atoms with Gasteiger partial charge in [0.25, 0.3) is 0 Å². The van der Waals surface area contributed by atoms with Crippen LogP contribution in [-0.4, -0.2) is 54.1 Å². The van der Waals surface area contributed by atoms with E-state index < -0.39 is 30.7 Å². The summed E-state index contributed by atoms with van der Waals surface area (Å²) in [4.78, 5) is 0.205. The van der Waals surface area contributed by atoms with Crippen LogP contribution in [0.4, 0.5) is 0 Å². The molecule has 0 bridgehead atoms. The lowest BCUT2D eigenvalue weighted by Crippen LogP contribution is -2.22. The van der Waals surface area contributed by atoms with Gasteiger partial charge in [0, 0.05) is 13.1 Å². The first kappa shape index (κ1) is 20.9. The number of rotatable bonds is 9. The molecular formula is C19H23NO6S2. The predicted molar refractivity (Wildman–Crippen MR) is 104 cm³/mol. The molecule has 1 aliphatic rings. The molecule has 1 unspecified atom stereocenters. The Hall–Kier alpha value is -1.78. The van der Waals surface area contributed by atoms with Gasteiger partial charge in [-0.05, 0) is 29.3 Å². The van der Waals surface area contributed by atoms with Crippen molar-refractivity contribution in [2.24, 2.45) is 0 Å². The van der Waals surface area contributed by atoms with E-state index in [4.69, 9.17) is 9.84 Å². The van der Waals surface area contributed by atoms with E-state index in [2.05, 4.69) is 5.32 Å². The molecule has 1 atom stereocenters. The molecule has 7 nitrogen and oxygen atoms in total. The maximum Gasteiger partial charge on any atom is 0.186 e. The maximum absolute atomic E-state index is 13.2. The minimum absolute atomic E-state index is 0.0525. The number of aliphatic hydroxyl groups excluding tert-OH is 1. The molecule has 0 saturated heterocycles. The van der Waals surface area contributed by atoms with Crippen molar-refractivity contribution in [2.75, 3.05) is 32.1 Å². The summed E-state index contributed by atoms with van der Waals surface area (Å²) in [7, 11) is -7.52. The van der Waals surface area contributed by atoms with E-state index in [1.807, 2.05) is 0 Å². The van der Waals surface area contributed by atoms with Gasteiger partial charge in [-0.2, -0.15) is 0 Å². The smallest absolute Gasteiger partial charge is 0.186 e. The Morgan fingerprint density at radius 2 is 1.82 bits per heavy atom. The minimum atomic E-state index is -3.85. The monoisotopic (exact) mass is 425 g/mol. The highest BCUT2D eigenvalue weighted by molar-refractivity contribution is 7.96. The van der Waals surface area contributed by atoms with Crippen molar-refractivity contribution in [3.05, 3.63) is 59.7 Å². The summed E-state index contributed by atoms with van der Waals surface area (Å²) in [6.07, 6.45) is 0. The third-order valence-electron chi connectivity index (χ3n) is 4.60. The molecule has 28 heavy (non-hydrogen) atoms. The fourth-order valence-corrected chi connectivity index (χ4v) is 7.73. The van der Waals surface area contributed by atoms with Crippen LogP contribution in [0, 0.1) is 0 Å². The predicted octanol–water partition coefficient (Wildman–Crippen LogP) is 1.09. The minimum Gasteiger partial charge on any atom is -0.394 e. The molecule has 0 fully saturated rings. The first-order valence-electron chi connectivity index (χ1n) is 8.91. The molecule has 2 N–H and O–H groups in total. The average molecular weight is 426 g/mol. The van der Waals surface area contributed by atoms with Gasteiger partial charge in [0.1, 0.15) is 5.25 Å². The van der Waals surface area contributed by atoms with Crippen molar-refractivity contribution >= 4 is 19.7 Å². The molecule has 0 saturated carbocycles. The van der Waals surface area contributed by atoms with Crippen LogP contribution < -0.4 is 5.32 Å². The number of fused-ring (bicyclic) bond motifs is 1. The standard InChI is InChI=1S/C19H23NO6S2/c21-10-12-26-11-9-20-13-15-5-4-8-17-19(15)18(14-27(17,22)23)28(24,25)16-6-2-1-3-7-16/h1-8,18,20-21H,9-14H2. The third kappa shape index (κ3) is 4.28. The van der Waals surface area contributed by atoms with Gasteiger partial charge >= 0.3 is 0 Å². The van der Waals surface area contributed by atoms with Crippen molar-refractivity contribution in [3.63, 3.8) is 0 Å². The van der Waals surface area contributed by atoms with Crippen LogP contribution in [0.3, 0.4) is 0 Å². The Labute approximate surface area is 165 Å². The molecule has 0 aliphatic carbocycles. The number of ether oxygens (including phenoxy) is 1. The molecule has 0 radical (unpaired) electrons. The van der Waals surface area contributed by atoms with E-state index in [1.165, 1.54) is 18.2 Å². The molecule has 2 aromatic carbocycles. The molecule has 0 amide bonds. The number of hydrogen-bond acceptors (Lipinski definition) is 7. The number of nitrogens with one attached hydrogen (secondary N) is 1. The van der Waals surface area contributed by atoms with E-state index in [0.29, 0.717) is 30.8 Å². The van der Waals surface area contributed by atoms with E-state index in [0.717, 1.165) is 0 Å². The molecular weight excluding hydrogens is 402 g/mol. The number of sulfone groups is 2. The normalized spacial score (nSPS) is 18.1. The van der Waals surface area contributed by atoms with Crippen molar-refractivity contribution in [3.8, 4) is 0 Å². The lowest BCUT2D eigenvalue weighted by atomic mass is 10.1. The highest BCUT2D eigenvalue weighted by atomic mass is 32.2. The Kier molecular flexibility index (Phi) is 6.51. The average Bonchev–Trinajstić information content (AvgIpc) is 2.98. The van der Waals surface area contributed by atoms with Crippen LogP contribution >= 0.6 is 0 Å². The molecule has 3 rings (SSSR count). The van der Waals surface area contributed by atoms with Gasteiger partial charge in [0.2, 0.25) is 0 Å². The highest BCUT2D eigenvalue weighted by Crippen LogP contribution is 2.42. The van der Waals surface area contributed by atoms with Crippen LogP contribution in [0.25, 0.3) is 0 Å². The van der Waals surface area contributed by atoms with Crippen molar-refractivity contribution in [2.45, 2.75) is 21.6 Å². The number of benzene rings is 2. The second-order valence-corrected chi connectivity index (χ2v) is 10.6. The van der Waals surface area contributed by atoms with E-state index in [9.17, 15) is 16.8 Å². The second-order valence-electron chi connectivity index (χ2n) is 6.47. The molecule has 152 valence electrons. The van der Waals surface area contributed by atoms with E-state index in [-0.39, 0.29) is 23.0 Å². The van der Waals surface area contributed by atoms with Gasteiger partial charge in [-0.15, -0.1) is 0 Å². The highest BCUT2D eigenvalue weighted by Gasteiger charge is 2.44. The van der Waals surface area contributed by atoms with Crippen molar-refractivity contribution in [1.82, 2.24) is 5.32 Å². The number of hydrogen-bond donors (Lipinski definition) is 2. The topological polar surface area (TPSA) is 110 Å². The van der Waals surface area contributed by atoms with Crippen LogP contribution in [0.1, 0.15) is 16.4 Å². The Balaban J connectivity index is 1.90. The first-order valence-corrected chi connectivity index (χ1v) is 12.1. The Morgan fingerprint density at radius 1 is 1.07 bits per heavy atom. The Morgan fingerprint density at radius 3 is 2.54 bits per heavy atom. The zero-order valence-corrected chi connectivity index (χ0v) is 16.9. The molecule has 1 aliphatic heterocycles. The van der Waals surface area contributed by atoms with Crippen LogP contribution in [0.2, 0.25) is 0 Å². The van der Waals surface area contributed by atoms with Crippen molar-refractivity contribution < 1.29 is 26.7 Å². The van der Waals surface area contributed by atoms with Crippen LogP contribution in [0.15, 0.2) is 58.3 Å². The van der Waals surface area contributed by atoms with E-state index in [1.54, 1.807) is 30.3 Å². The Bertz CT molecular complexity index is 1020. The summed E-state index contributed by atoms with van der Waals surface area (Å²) in [6.45, 7) is 1.40. The summed E-state index contributed by atoms with van der Waals surface area (Å²) >= 11 is 0. The second kappa shape index (κ2) is 8.71. The SMILES string of the molecule is O=S1(=O)CC(S(=O)(=O)c2ccccc2)c2c(CNCCOCCO)cccc21. The van der Waals surface area contributed by atoms with Crippen molar-refractivity contribution in [1.29, 1.82) is 0 Å². The lowest BCUT2D eigenvalue weighted by Gasteiger charge is -2.16. The van der Waals surface area contributed by atoms with E-state index >= 15 is 0 Å². The molecule has 0 spiro atoms. The molecule has 2 aromatic rings. The quantitative estimate of drug-likeness (QED) is 0.579. The first-order chi connectivity index (χ1) is 13.4. The van der Waals surface area contributed by atoms with Gasteiger partial charge in [-0.1, -0.05) is 30.3 Å². The maximum atomic E-state index is 13.2. The summed E-state index contributed by atoms with van der Waals surface area (Å²) in [5.41, 5.74) is 1.00. The summed E-state index contributed by atoms with van der Waals surface area (Å²) < 4.78 is 56.7. The summed E-state index contributed by atoms with van der Waals surface area (Å²) in [5, 5.41) is 10.7. The number of aliphatic hydroxyl groups is 1. The molecule has 0 aromatic heterocycles. The van der Waals surface area contributed by atoms with Crippen LogP contribution in [0.5, 0.6) is 0 Å².